The third kappa shape index (κ3) is 1.82. The molecule has 0 unspecified atom stereocenters. The van der Waals surface area contributed by atoms with Crippen molar-refractivity contribution in [1.82, 2.24) is 15.0 Å². The van der Waals surface area contributed by atoms with Gasteiger partial charge in [-0.05, 0) is 6.92 Å². The summed E-state index contributed by atoms with van der Waals surface area (Å²) in [4.78, 5) is 16.9. The molecule has 70 valence electrons. The van der Waals surface area contributed by atoms with E-state index in [2.05, 4.69) is 10.1 Å². The number of carbonyl (C=O) groups is 1. The van der Waals surface area contributed by atoms with Crippen molar-refractivity contribution in [1.29, 1.82) is 0 Å². The van der Waals surface area contributed by atoms with Crippen LogP contribution >= 0.6 is 11.8 Å². The van der Waals surface area contributed by atoms with Gasteiger partial charge < -0.3 is 9.42 Å². The van der Waals surface area contributed by atoms with E-state index in [-0.39, 0.29) is 5.24 Å². The van der Waals surface area contributed by atoms with Gasteiger partial charge in [-0.3, -0.25) is 4.79 Å². The van der Waals surface area contributed by atoms with E-state index in [0.29, 0.717) is 18.3 Å². The van der Waals surface area contributed by atoms with Crippen LogP contribution in [0.1, 0.15) is 11.7 Å². The fourth-order valence-corrected chi connectivity index (χ4v) is 1.96. The number of hydrogen-bond acceptors (Lipinski definition) is 5. The molecule has 5 nitrogen and oxygen atoms in total. The standard InChI is InChI=1S/C7H9N3O2S/c1-5-8-6(12-9-5)4-10-2-3-13-7(10)11/h2-4H2,1H3. The molecule has 0 aliphatic carbocycles. The smallest absolute Gasteiger partial charge is 0.282 e. The van der Waals surface area contributed by atoms with Crippen LogP contribution in [0, 0.1) is 6.92 Å². The zero-order valence-corrected chi connectivity index (χ0v) is 8.00. The molecule has 1 aromatic heterocycles. The van der Waals surface area contributed by atoms with E-state index >= 15 is 0 Å². The Balaban J connectivity index is 2.01. The van der Waals surface area contributed by atoms with E-state index in [1.54, 1.807) is 11.8 Å². The van der Waals surface area contributed by atoms with Crippen molar-refractivity contribution in [2.24, 2.45) is 0 Å². The third-order valence-corrected chi connectivity index (χ3v) is 2.63. The summed E-state index contributed by atoms with van der Waals surface area (Å²) in [5.41, 5.74) is 0. The van der Waals surface area contributed by atoms with E-state index < -0.39 is 0 Å². The van der Waals surface area contributed by atoms with Crippen LogP contribution < -0.4 is 0 Å². The first-order valence-electron chi connectivity index (χ1n) is 3.96. The van der Waals surface area contributed by atoms with E-state index in [1.807, 2.05) is 0 Å². The molecular weight excluding hydrogens is 190 g/mol. The molecule has 0 atom stereocenters. The predicted molar refractivity (Wildman–Crippen MR) is 47.3 cm³/mol. The van der Waals surface area contributed by atoms with Crippen LogP contribution in [0.4, 0.5) is 4.79 Å². The van der Waals surface area contributed by atoms with Crippen LogP contribution in [-0.4, -0.2) is 32.6 Å². The minimum absolute atomic E-state index is 0.0934. The number of aryl methyl sites for hydroxylation is 1. The second-order valence-electron chi connectivity index (χ2n) is 2.77. The van der Waals surface area contributed by atoms with E-state index in [0.717, 1.165) is 12.3 Å². The molecule has 1 amide bonds. The molecule has 0 aromatic carbocycles. The number of carbonyl (C=O) groups excluding carboxylic acids is 1. The quantitative estimate of drug-likeness (QED) is 0.712. The summed E-state index contributed by atoms with van der Waals surface area (Å²) >= 11 is 1.33. The Morgan fingerprint density at radius 1 is 1.69 bits per heavy atom. The van der Waals surface area contributed by atoms with Gasteiger partial charge in [0.15, 0.2) is 5.82 Å². The van der Waals surface area contributed by atoms with Gasteiger partial charge in [0.1, 0.15) is 6.54 Å². The fourth-order valence-electron chi connectivity index (χ4n) is 1.14. The van der Waals surface area contributed by atoms with Crippen molar-refractivity contribution in [2.75, 3.05) is 12.3 Å². The van der Waals surface area contributed by atoms with Crippen molar-refractivity contribution in [2.45, 2.75) is 13.5 Å². The Labute approximate surface area is 79.5 Å². The first kappa shape index (κ1) is 8.55. The van der Waals surface area contributed by atoms with Crippen LogP contribution in [0.15, 0.2) is 4.52 Å². The lowest BCUT2D eigenvalue weighted by Gasteiger charge is -2.09. The number of amides is 1. The number of thioether (sulfide) groups is 1. The van der Waals surface area contributed by atoms with Crippen molar-refractivity contribution >= 4 is 17.0 Å². The third-order valence-electron chi connectivity index (χ3n) is 1.74. The van der Waals surface area contributed by atoms with Gasteiger partial charge in [0.2, 0.25) is 5.89 Å². The van der Waals surface area contributed by atoms with E-state index in [4.69, 9.17) is 4.52 Å². The molecule has 0 spiro atoms. The zero-order chi connectivity index (χ0) is 9.26. The lowest BCUT2D eigenvalue weighted by Crippen LogP contribution is -2.22. The molecule has 2 rings (SSSR count). The summed E-state index contributed by atoms with van der Waals surface area (Å²) in [6.07, 6.45) is 0. The topological polar surface area (TPSA) is 59.2 Å². The maximum absolute atomic E-state index is 11.2. The van der Waals surface area contributed by atoms with Gasteiger partial charge >= 0.3 is 0 Å². The Hall–Kier alpha value is -1.04. The fraction of sp³-hybridized carbons (Fsp3) is 0.571. The number of aromatic nitrogens is 2. The summed E-state index contributed by atoms with van der Waals surface area (Å²) in [6, 6.07) is 0. The Morgan fingerprint density at radius 2 is 2.54 bits per heavy atom. The molecule has 0 bridgehead atoms. The summed E-state index contributed by atoms with van der Waals surface area (Å²) in [5, 5.41) is 3.75. The minimum atomic E-state index is 0.0934. The van der Waals surface area contributed by atoms with Gasteiger partial charge in [-0.1, -0.05) is 16.9 Å². The molecule has 0 radical (unpaired) electrons. The zero-order valence-electron chi connectivity index (χ0n) is 7.19. The van der Waals surface area contributed by atoms with Gasteiger partial charge in [-0.25, -0.2) is 0 Å². The highest BCUT2D eigenvalue weighted by atomic mass is 32.2. The van der Waals surface area contributed by atoms with Crippen LogP contribution in [0.5, 0.6) is 0 Å². The molecule has 1 aromatic rings. The largest absolute Gasteiger partial charge is 0.337 e. The van der Waals surface area contributed by atoms with E-state index in [9.17, 15) is 4.79 Å². The first-order valence-corrected chi connectivity index (χ1v) is 4.95. The average molecular weight is 199 g/mol. The van der Waals surface area contributed by atoms with Crippen LogP contribution in [-0.2, 0) is 6.54 Å². The lowest BCUT2D eigenvalue weighted by molar-refractivity contribution is 0.218. The molecule has 13 heavy (non-hydrogen) atoms. The molecule has 1 aliphatic rings. The highest BCUT2D eigenvalue weighted by molar-refractivity contribution is 8.13. The first-order chi connectivity index (χ1) is 6.25. The molecule has 0 N–H and O–H groups in total. The van der Waals surface area contributed by atoms with Gasteiger partial charge in [-0.2, -0.15) is 4.98 Å². The number of nitrogens with zero attached hydrogens (tertiary/aromatic N) is 3. The van der Waals surface area contributed by atoms with Crippen LogP contribution in [0.2, 0.25) is 0 Å². The Morgan fingerprint density at radius 3 is 3.08 bits per heavy atom. The average Bonchev–Trinajstić information content (AvgIpc) is 2.64. The predicted octanol–water partition coefficient (Wildman–Crippen LogP) is 1.05. The molecule has 2 heterocycles. The summed E-state index contributed by atoms with van der Waals surface area (Å²) in [6.45, 7) is 2.96. The summed E-state index contributed by atoms with van der Waals surface area (Å²) < 4.78 is 4.91. The SMILES string of the molecule is Cc1noc(CN2CCSC2=O)n1. The van der Waals surface area contributed by atoms with Gasteiger partial charge in [0.25, 0.3) is 5.24 Å². The molecule has 1 saturated heterocycles. The van der Waals surface area contributed by atoms with Gasteiger partial charge in [0, 0.05) is 12.3 Å². The maximum Gasteiger partial charge on any atom is 0.282 e. The van der Waals surface area contributed by atoms with Gasteiger partial charge in [-0.15, -0.1) is 0 Å². The Kier molecular flexibility index (Phi) is 2.22. The highest BCUT2D eigenvalue weighted by Crippen LogP contribution is 2.18. The maximum atomic E-state index is 11.2. The van der Waals surface area contributed by atoms with Crippen LogP contribution in [0.25, 0.3) is 0 Å². The minimum Gasteiger partial charge on any atom is -0.337 e. The second-order valence-corrected chi connectivity index (χ2v) is 3.82. The number of hydrogen-bond donors (Lipinski definition) is 0. The Bertz CT molecular complexity index is 325. The van der Waals surface area contributed by atoms with Crippen LogP contribution in [0.3, 0.4) is 0 Å². The monoisotopic (exact) mass is 199 g/mol. The number of rotatable bonds is 2. The van der Waals surface area contributed by atoms with Crippen molar-refractivity contribution in [3.8, 4) is 0 Å². The van der Waals surface area contributed by atoms with Gasteiger partial charge in [0.05, 0.1) is 0 Å². The summed E-state index contributed by atoms with van der Waals surface area (Å²) in [5.74, 6) is 1.97. The molecule has 1 fully saturated rings. The van der Waals surface area contributed by atoms with Crippen molar-refractivity contribution < 1.29 is 9.32 Å². The van der Waals surface area contributed by atoms with Crippen molar-refractivity contribution in [3.05, 3.63) is 11.7 Å². The van der Waals surface area contributed by atoms with E-state index in [1.165, 1.54) is 11.8 Å². The molecule has 1 aliphatic heterocycles. The lowest BCUT2D eigenvalue weighted by atomic mass is 10.5. The molecule has 0 saturated carbocycles. The summed E-state index contributed by atoms with van der Waals surface area (Å²) in [7, 11) is 0. The normalized spacial score (nSPS) is 17.0. The molecule has 6 heteroatoms. The highest BCUT2D eigenvalue weighted by Gasteiger charge is 2.22. The molecular formula is C7H9N3O2S. The second kappa shape index (κ2) is 3.37. The van der Waals surface area contributed by atoms with Crippen molar-refractivity contribution in [3.63, 3.8) is 0 Å².